The van der Waals surface area contributed by atoms with E-state index in [2.05, 4.69) is 15.4 Å². The number of amides is 1. The van der Waals surface area contributed by atoms with Crippen LogP contribution in [0.3, 0.4) is 0 Å². The number of hydrogen-bond acceptors (Lipinski definition) is 4. The highest BCUT2D eigenvalue weighted by molar-refractivity contribution is 5.75. The van der Waals surface area contributed by atoms with Gasteiger partial charge in [0, 0.05) is 25.0 Å². The van der Waals surface area contributed by atoms with Crippen molar-refractivity contribution in [3.8, 4) is 0 Å². The third-order valence-corrected chi connectivity index (χ3v) is 4.21. The molecule has 26 heavy (non-hydrogen) atoms. The molecule has 0 bridgehead atoms. The number of rotatable bonds is 7. The Labute approximate surface area is 151 Å². The van der Waals surface area contributed by atoms with Gasteiger partial charge in [0.1, 0.15) is 12.4 Å². The summed E-state index contributed by atoms with van der Waals surface area (Å²) in [5, 5.41) is 7.04. The zero-order chi connectivity index (χ0) is 18.5. The van der Waals surface area contributed by atoms with Crippen LogP contribution in [0.25, 0.3) is 0 Å². The maximum atomic E-state index is 12.5. The highest BCUT2D eigenvalue weighted by Crippen LogP contribution is 2.03. The summed E-state index contributed by atoms with van der Waals surface area (Å²) in [6.45, 7) is 4.53. The molecule has 2 aromatic heterocycles. The van der Waals surface area contributed by atoms with Gasteiger partial charge in [-0.2, -0.15) is 5.10 Å². The van der Waals surface area contributed by atoms with Crippen molar-refractivity contribution < 1.29 is 4.79 Å². The minimum Gasteiger partial charge on any atom is -0.352 e. The minimum atomic E-state index is -0.288. The first-order valence-corrected chi connectivity index (χ1v) is 8.47. The lowest BCUT2D eigenvalue weighted by molar-refractivity contribution is -0.122. The zero-order valence-corrected chi connectivity index (χ0v) is 14.9. The standard InChI is InChI=1S/C18H22N6O2/c1-14(22-9-8-19-13-22)10-20-17(25)12-24-18(26)23(15(2)21-24)11-16-6-4-3-5-7-16/h3-9,13-14H,10-12H2,1-2H3,(H,20,25)/t14-/m0/s1. The van der Waals surface area contributed by atoms with E-state index in [1.54, 1.807) is 24.0 Å². The second-order valence-corrected chi connectivity index (χ2v) is 6.22. The van der Waals surface area contributed by atoms with Crippen molar-refractivity contribution in [2.24, 2.45) is 0 Å². The van der Waals surface area contributed by atoms with E-state index in [0.29, 0.717) is 18.9 Å². The predicted molar refractivity (Wildman–Crippen MR) is 96.7 cm³/mol. The van der Waals surface area contributed by atoms with Gasteiger partial charge in [0.25, 0.3) is 0 Å². The molecule has 0 aliphatic carbocycles. The lowest BCUT2D eigenvalue weighted by Gasteiger charge is -2.13. The maximum Gasteiger partial charge on any atom is 0.346 e. The van der Waals surface area contributed by atoms with Gasteiger partial charge in [-0.05, 0) is 19.4 Å². The summed E-state index contributed by atoms with van der Waals surface area (Å²) >= 11 is 0. The Bertz CT molecular complexity index is 911. The van der Waals surface area contributed by atoms with Crippen molar-refractivity contribution >= 4 is 5.91 Å². The fourth-order valence-corrected chi connectivity index (χ4v) is 2.69. The molecule has 2 heterocycles. The van der Waals surface area contributed by atoms with Crippen LogP contribution in [0, 0.1) is 6.92 Å². The summed E-state index contributed by atoms with van der Waals surface area (Å²) in [5.74, 6) is 0.335. The number of carbonyl (C=O) groups excluding carboxylic acids is 1. The van der Waals surface area contributed by atoms with Gasteiger partial charge in [0.15, 0.2) is 0 Å². The van der Waals surface area contributed by atoms with Crippen LogP contribution in [-0.4, -0.2) is 36.4 Å². The molecule has 0 aliphatic heterocycles. The van der Waals surface area contributed by atoms with Crippen molar-refractivity contribution in [3.63, 3.8) is 0 Å². The Hall–Kier alpha value is -3.16. The fourth-order valence-electron chi connectivity index (χ4n) is 2.69. The average molecular weight is 354 g/mol. The number of aryl methyl sites for hydroxylation is 1. The molecule has 0 saturated carbocycles. The SMILES string of the molecule is Cc1nn(CC(=O)NC[C@H](C)n2ccnc2)c(=O)n1Cc1ccccc1. The van der Waals surface area contributed by atoms with E-state index in [1.807, 2.05) is 48.0 Å². The summed E-state index contributed by atoms with van der Waals surface area (Å²) < 4.78 is 4.68. The number of hydrogen-bond donors (Lipinski definition) is 1. The van der Waals surface area contributed by atoms with Crippen molar-refractivity contribution in [2.45, 2.75) is 33.0 Å². The van der Waals surface area contributed by atoms with E-state index in [4.69, 9.17) is 0 Å². The Morgan fingerprint density at radius 2 is 2.04 bits per heavy atom. The van der Waals surface area contributed by atoms with E-state index in [-0.39, 0.29) is 24.2 Å². The maximum absolute atomic E-state index is 12.5. The largest absolute Gasteiger partial charge is 0.352 e. The molecule has 136 valence electrons. The molecule has 3 rings (SSSR count). The van der Waals surface area contributed by atoms with Gasteiger partial charge in [-0.1, -0.05) is 30.3 Å². The summed E-state index contributed by atoms with van der Waals surface area (Å²) in [6.07, 6.45) is 5.24. The molecule has 0 radical (unpaired) electrons. The van der Waals surface area contributed by atoms with Gasteiger partial charge in [-0.3, -0.25) is 9.36 Å². The van der Waals surface area contributed by atoms with Crippen LogP contribution in [0.5, 0.6) is 0 Å². The second-order valence-electron chi connectivity index (χ2n) is 6.22. The van der Waals surface area contributed by atoms with Crippen molar-refractivity contribution in [2.75, 3.05) is 6.54 Å². The first-order valence-electron chi connectivity index (χ1n) is 8.47. The van der Waals surface area contributed by atoms with Gasteiger partial charge in [0.2, 0.25) is 5.91 Å². The van der Waals surface area contributed by atoms with E-state index >= 15 is 0 Å². The molecule has 0 saturated heterocycles. The lowest BCUT2D eigenvalue weighted by Crippen LogP contribution is -2.36. The first kappa shape index (κ1) is 17.7. The molecular weight excluding hydrogens is 332 g/mol. The van der Waals surface area contributed by atoms with Crippen LogP contribution >= 0.6 is 0 Å². The molecule has 0 spiro atoms. The number of nitrogens with one attached hydrogen (secondary N) is 1. The molecule has 8 nitrogen and oxygen atoms in total. The number of aromatic nitrogens is 5. The molecule has 1 aromatic carbocycles. The topological polar surface area (TPSA) is 86.7 Å². The fraction of sp³-hybridized carbons (Fsp3) is 0.333. The quantitative estimate of drug-likeness (QED) is 0.685. The van der Waals surface area contributed by atoms with E-state index in [9.17, 15) is 9.59 Å². The minimum absolute atomic E-state index is 0.0792. The molecule has 1 amide bonds. The average Bonchev–Trinajstić information content (AvgIpc) is 3.26. The molecule has 0 fully saturated rings. The van der Waals surface area contributed by atoms with Crippen LogP contribution in [0.15, 0.2) is 53.8 Å². The number of benzene rings is 1. The van der Waals surface area contributed by atoms with Gasteiger partial charge < -0.3 is 9.88 Å². The summed E-state index contributed by atoms with van der Waals surface area (Å²) in [4.78, 5) is 28.7. The Morgan fingerprint density at radius 1 is 1.27 bits per heavy atom. The molecule has 8 heteroatoms. The Balaban J connectivity index is 1.62. The van der Waals surface area contributed by atoms with Crippen LogP contribution in [0.4, 0.5) is 0 Å². The number of imidazole rings is 1. The molecule has 0 unspecified atom stereocenters. The van der Waals surface area contributed by atoms with Gasteiger partial charge in [-0.25, -0.2) is 14.5 Å². The van der Waals surface area contributed by atoms with Crippen LogP contribution < -0.4 is 11.0 Å². The number of nitrogens with zero attached hydrogens (tertiary/aromatic N) is 5. The van der Waals surface area contributed by atoms with E-state index in [0.717, 1.165) is 5.56 Å². The summed E-state index contributed by atoms with van der Waals surface area (Å²) in [5.41, 5.74) is 0.722. The lowest BCUT2D eigenvalue weighted by atomic mass is 10.2. The summed E-state index contributed by atoms with van der Waals surface area (Å²) in [7, 11) is 0. The van der Waals surface area contributed by atoms with Crippen LogP contribution in [-0.2, 0) is 17.9 Å². The van der Waals surface area contributed by atoms with Crippen molar-refractivity contribution in [1.82, 2.24) is 29.2 Å². The first-order chi connectivity index (χ1) is 12.5. The monoisotopic (exact) mass is 354 g/mol. The smallest absolute Gasteiger partial charge is 0.346 e. The molecular formula is C18H22N6O2. The van der Waals surface area contributed by atoms with Crippen molar-refractivity contribution in [1.29, 1.82) is 0 Å². The van der Waals surface area contributed by atoms with Gasteiger partial charge >= 0.3 is 5.69 Å². The third-order valence-electron chi connectivity index (χ3n) is 4.21. The molecule has 1 atom stereocenters. The van der Waals surface area contributed by atoms with Crippen LogP contribution in [0.2, 0.25) is 0 Å². The Kier molecular flexibility index (Phi) is 5.31. The third kappa shape index (κ3) is 4.08. The second kappa shape index (κ2) is 7.81. The molecule has 0 aliphatic rings. The Morgan fingerprint density at radius 3 is 2.73 bits per heavy atom. The van der Waals surface area contributed by atoms with Gasteiger partial charge in [0.05, 0.1) is 12.9 Å². The normalized spacial score (nSPS) is 12.1. The number of carbonyl (C=O) groups is 1. The van der Waals surface area contributed by atoms with Crippen molar-refractivity contribution in [3.05, 3.63) is 70.9 Å². The highest BCUT2D eigenvalue weighted by Gasteiger charge is 2.14. The molecule has 1 N–H and O–H groups in total. The zero-order valence-electron chi connectivity index (χ0n) is 14.9. The molecule has 3 aromatic rings. The van der Waals surface area contributed by atoms with Gasteiger partial charge in [-0.15, -0.1) is 0 Å². The predicted octanol–water partition coefficient (Wildman–Crippen LogP) is 0.975. The highest BCUT2D eigenvalue weighted by atomic mass is 16.2. The summed E-state index contributed by atoms with van der Waals surface area (Å²) in [6, 6.07) is 9.76. The van der Waals surface area contributed by atoms with E-state index < -0.39 is 0 Å². The van der Waals surface area contributed by atoms with Crippen LogP contribution in [0.1, 0.15) is 24.4 Å². The van der Waals surface area contributed by atoms with E-state index in [1.165, 1.54) is 4.68 Å².